The molecule has 0 aliphatic carbocycles. The predicted molar refractivity (Wildman–Crippen MR) is 51.5 cm³/mol. The SMILES string of the molecule is O=C(O)CNC(=O)N1CCn2cnnc2C1. The molecule has 0 saturated heterocycles. The van der Waals surface area contributed by atoms with Gasteiger partial charge in [-0.25, -0.2) is 4.79 Å². The molecule has 0 radical (unpaired) electrons. The van der Waals surface area contributed by atoms with Crippen LogP contribution in [-0.4, -0.2) is 49.9 Å². The van der Waals surface area contributed by atoms with Crippen LogP contribution in [-0.2, 0) is 17.9 Å². The summed E-state index contributed by atoms with van der Waals surface area (Å²) in [6, 6.07) is -0.392. The zero-order valence-electron chi connectivity index (χ0n) is 8.46. The Labute approximate surface area is 90.9 Å². The van der Waals surface area contributed by atoms with Gasteiger partial charge in [-0.05, 0) is 0 Å². The number of hydrogen-bond donors (Lipinski definition) is 2. The summed E-state index contributed by atoms with van der Waals surface area (Å²) in [5.74, 6) is -0.356. The van der Waals surface area contributed by atoms with E-state index in [-0.39, 0.29) is 6.54 Å². The number of fused-ring (bicyclic) bond motifs is 1. The minimum Gasteiger partial charge on any atom is -0.480 e. The molecule has 0 unspecified atom stereocenters. The molecule has 8 nitrogen and oxygen atoms in total. The molecule has 1 aliphatic heterocycles. The third-order valence-corrected chi connectivity index (χ3v) is 2.32. The summed E-state index contributed by atoms with van der Waals surface area (Å²) >= 11 is 0. The molecule has 1 aromatic heterocycles. The molecule has 0 spiro atoms. The summed E-state index contributed by atoms with van der Waals surface area (Å²) in [4.78, 5) is 23.3. The highest BCUT2D eigenvalue weighted by molar-refractivity contribution is 5.79. The van der Waals surface area contributed by atoms with Gasteiger partial charge < -0.3 is 19.9 Å². The van der Waals surface area contributed by atoms with E-state index >= 15 is 0 Å². The van der Waals surface area contributed by atoms with Crippen LogP contribution in [0.5, 0.6) is 0 Å². The normalized spacial score (nSPS) is 14.4. The van der Waals surface area contributed by atoms with Gasteiger partial charge in [0.25, 0.3) is 0 Å². The van der Waals surface area contributed by atoms with Gasteiger partial charge in [-0.1, -0.05) is 0 Å². The van der Waals surface area contributed by atoms with Crippen LogP contribution in [0.4, 0.5) is 4.79 Å². The molecule has 2 rings (SSSR count). The number of hydrogen-bond acceptors (Lipinski definition) is 4. The summed E-state index contributed by atoms with van der Waals surface area (Å²) < 4.78 is 1.86. The zero-order valence-corrected chi connectivity index (χ0v) is 8.46. The highest BCUT2D eigenvalue weighted by Crippen LogP contribution is 2.08. The molecule has 2 heterocycles. The van der Waals surface area contributed by atoms with Crippen LogP contribution in [0.1, 0.15) is 5.82 Å². The van der Waals surface area contributed by atoms with Crippen LogP contribution < -0.4 is 5.32 Å². The Morgan fingerprint density at radius 3 is 3.06 bits per heavy atom. The van der Waals surface area contributed by atoms with E-state index in [2.05, 4.69) is 15.5 Å². The van der Waals surface area contributed by atoms with Gasteiger partial charge in [-0.3, -0.25) is 4.79 Å². The minimum atomic E-state index is -1.06. The summed E-state index contributed by atoms with van der Waals surface area (Å²) in [5.41, 5.74) is 0. The van der Waals surface area contributed by atoms with Gasteiger partial charge in [0, 0.05) is 13.1 Å². The first-order valence-electron chi connectivity index (χ1n) is 4.78. The van der Waals surface area contributed by atoms with Crippen molar-refractivity contribution in [3.05, 3.63) is 12.2 Å². The second-order valence-electron chi connectivity index (χ2n) is 3.41. The van der Waals surface area contributed by atoms with E-state index in [4.69, 9.17) is 5.11 Å². The third-order valence-electron chi connectivity index (χ3n) is 2.32. The molecule has 16 heavy (non-hydrogen) atoms. The number of carboxylic acid groups (broad SMARTS) is 1. The highest BCUT2D eigenvalue weighted by Gasteiger charge is 2.21. The second kappa shape index (κ2) is 4.17. The van der Waals surface area contributed by atoms with Crippen molar-refractivity contribution >= 4 is 12.0 Å². The highest BCUT2D eigenvalue weighted by atomic mass is 16.4. The number of carbonyl (C=O) groups is 2. The summed E-state index contributed by atoms with van der Waals surface area (Å²) in [7, 11) is 0. The van der Waals surface area contributed by atoms with Gasteiger partial charge in [-0.2, -0.15) is 0 Å². The Kier molecular flexibility index (Phi) is 2.71. The van der Waals surface area contributed by atoms with Crippen LogP contribution in [0.2, 0.25) is 0 Å². The number of carboxylic acids is 1. The second-order valence-corrected chi connectivity index (χ2v) is 3.41. The van der Waals surface area contributed by atoms with Crippen LogP contribution in [0.25, 0.3) is 0 Å². The molecule has 0 atom stereocenters. The van der Waals surface area contributed by atoms with Crippen LogP contribution in [0, 0.1) is 0 Å². The van der Waals surface area contributed by atoms with E-state index in [9.17, 15) is 9.59 Å². The van der Waals surface area contributed by atoms with Gasteiger partial charge in [0.2, 0.25) is 0 Å². The standard InChI is InChI=1S/C8H11N5O3/c14-7(15)3-9-8(16)12-1-2-13-5-10-11-6(13)4-12/h5H,1-4H2,(H,9,16)(H,14,15). The van der Waals surface area contributed by atoms with Crippen molar-refractivity contribution < 1.29 is 14.7 Å². The largest absolute Gasteiger partial charge is 0.480 e. The maximum Gasteiger partial charge on any atom is 0.323 e. The van der Waals surface area contributed by atoms with E-state index in [1.165, 1.54) is 4.90 Å². The maximum atomic E-state index is 11.5. The number of aliphatic carboxylic acids is 1. The monoisotopic (exact) mass is 225 g/mol. The van der Waals surface area contributed by atoms with Gasteiger partial charge in [0.1, 0.15) is 12.9 Å². The van der Waals surface area contributed by atoms with Crippen molar-refractivity contribution in [2.45, 2.75) is 13.1 Å². The average Bonchev–Trinajstić information content (AvgIpc) is 2.72. The molecule has 86 valence electrons. The summed E-state index contributed by atoms with van der Waals surface area (Å²) in [6.07, 6.45) is 1.61. The molecule has 2 N–H and O–H groups in total. The first-order valence-corrected chi connectivity index (χ1v) is 4.78. The number of amides is 2. The van der Waals surface area contributed by atoms with E-state index in [0.29, 0.717) is 25.5 Å². The van der Waals surface area contributed by atoms with Crippen molar-refractivity contribution in [2.75, 3.05) is 13.1 Å². The molecule has 0 fully saturated rings. The quantitative estimate of drug-likeness (QED) is 0.664. The van der Waals surface area contributed by atoms with Gasteiger partial charge >= 0.3 is 12.0 Å². The van der Waals surface area contributed by atoms with Crippen molar-refractivity contribution in [3.8, 4) is 0 Å². The summed E-state index contributed by atoms with van der Waals surface area (Å²) in [6.45, 7) is 1.13. The molecule has 0 bridgehead atoms. The number of aromatic nitrogens is 3. The Bertz CT molecular complexity index is 416. The van der Waals surface area contributed by atoms with Crippen LogP contribution in [0.3, 0.4) is 0 Å². The number of nitrogens with zero attached hydrogens (tertiary/aromatic N) is 4. The molecular formula is C8H11N5O3. The molecule has 1 aliphatic rings. The Hall–Kier alpha value is -2.12. The fourth-order valence-corrected chi connectivity index (χ4v) is 1.50. The average molecular weight is 225 g/mol. The zero-order chi connectivity index (χ0) is 11.5. The lowest BCUT2D eigenvalue weighted by Gasteiger charge is -2.26. The smallest absolute Gasteiger partial charge is 0.323 e. The van der Waals surface area contributed by atoms with E-state index in [0.717, 1.165) is 0 Å². The fraction of sp³-hybridized carbons (Fsp3) is 0.500. The number of urea groups is 1. The lowest BCUT2D eigenvalue weighted by atomic mass is 10.4. The Morgan fingerprint density at radius 1 is 1.50 bits per heavy atom. The number of carbonyl (C=O) groups excluding carboxylic acids is 1. The minimum absolute atomic E-state index is 0.353. The maximum absolute atomic E-state index is 11.5. The molecule has 1 aromatic rings. The first-order chi connectivity index (χ1) is 7.66. The third kappa shape index (κ3) is 2.10. The predicted octanol–water partition coefficient (Wildman–Crippen LogP) is -1.11. The number of rotatable bonds is 2. The molecule has 2 amide bonds. The molecule has 8 heteroatoms. The Balaban J connectivity index is 1.93. The van der Waals surface area contributed by atoms with E-state index in [1.54, 1.807) is 6.33 Å². The van der Waals surface area contributed by atoms with Crippen LogP contribution in [0.15, 0.2) is 6.33 Å². The van der Waals surface area contributed by atoms with E-state index < -0.39 is 12.0 Å². The van der Waals surface area contributed by atoms with Crippen molar-refractivity contribution in [1.29, 1.82) is 0 Å². The van der Waals surface area contributed by atoms with Crippen molar-refractivity contribution in [1.82, 2.24) is 25.0 Å². The number of nitrogens with one attached hydrogen (secondary N) is 1. The molecule has 0 saturated carbocycles. The fourth-order valence-electron chi connectivity index (χ4n) is 1.50. The Morgan fingerprint density at radius 2 is 2.31 bits per heavy atom. The van der Waals surface area contributed by atoms with Crippen molar-refractivity contribution in [2.24, 2.45) is 0 Å². The van der Waals surface area contributed by atoms with Gasteiger partial charge in [-0.15, -0.1) is 10.2 Å². The lowest BCUT2D eigenvalue weighted by molar-refractivity contribution is -0.135. The van der Waals surface area contributed by atoms with Crippen molar-refractivity contribution in [3.63, 3.8) is 0 Å². The van der Waals surface area contributed by atoms with Gasteiger partial charge in [0.15, 0.2) is 5.82 Å². The molecular weight excluding hydrogens is 214 g/mol. The van der Waals surface area contributed by atoms with Crippen LogP contribution >= 0.6 is 0 Å². The van der Waals surface area contributed by atoms with E-state index in [1.807, 2.05) is 4.57 Å². The first kappa shape index (κ1) is 10.4. The topological polar surface area (TPSA) is 100 Å². The van der Waals surface area contributed by atoms with Gasteiger partial charge in [0.05, 0.1) is 6.54 Å². The molecule has 0 aromatic carbocycles. The summed E-state index contributed by atoms with van der Waals surface area (Å²) in [5, 5.41) is 18.3. The lowest BCUT2D eigenvalue weighted by Crippen LogP contribution is -2.45.